The van der Waals surface area contributed by atoms with Gasteiger partial charge in [-0.25, -0.2) is 4.39 Å². The van der Waals surface area contributed by atoms with Crippen molar-refractivity contribution in [1.29, 1.82) is 0 Å². The number of carbonyl (C=O) groups excluding carboxylic acids is 2. The van der Waals surface area contributed by atoms with Gasteiger partial charge in [0.15, 0.2) is 5.78 Å². The summed E-state index contributed by atoms with van der Waals surface area (Å²) in [4.78, 5) is 28.4. The topological polar surface area (TPSA) is 58.6 Å². The fourth-order valence-electron chi connectivity index (χ4n) is 6.28. The van der Waals surface area contributed by atoms with Gasteiger partial charge in [-0.3, -0.25) is 9.59 Å². The van der Waals surface area contributed by atoms with Crippen LogP contribution < -0.4 is 15.8 Å². The number of ketones is 1. The summed E-state index contributed by atoms with van der Waals surface area (Å²) in [5, 5.41) is 5.08. The lowest BCUT2D eigenvalue weighted by molar-refractivity contribution is -0.137. The number of hydrogen-bond acceptors (Lipinski definition) is 4. The van der Waals surface area contributed by atoms with E-state index in [0.717, 1.165) is 73.2 Å². The van der Waals surface area contributed by atoms with Crippen LogP contribution in [0.1, 0.15) is 90.1 Å². The number of nitrogens with zero attached hydrogens (tertiary/aromatic N) is 1. The molecular formula is C34H42F4N2O3. The molecule has 1 aliphatic carbocycles. The van der Waals surface area contributed by atoms with E-state index in [9.17, 15) is 27.2 Å². The number of Topliss-reactive ketones (excluding diaryl/α,β-unsaturated/α-hetero) is 1. The molecule has 1 N–H and O–H groups in total. The third kappa shape index (κ3) is 8.25. The highest BCUT2D eigenvalue weighted by Crippen LogP contribution is 2.33. The number of halogens is 4. The highest BCUT2D eigenvalue weighted by molar-refractivity contribution is 5.98. The van der Waals surface area contributed by atoms with Crippen molar-refractivity contribution >= 4 is 24.0 Å². The Morgan fingerprint density at radius 3 is 2.44 bits per heavy atom. The molecule has 2 aromatic rings. The predicted octanol–water partition coefficient (Wildman–Crippen LogP) is 6.00. The lowest BCUT2D eigenvalue weighted by atomic mass is 9.88. The summed E-state index contributed by atoms with van der Waals surface area (Å²) in [6.07, 6.45) is 6.29. The van der Waals surface area contributed by atoms with Crippen LogP contribution in [-0.2, 0) is 10.9 Å². The van der Waals surface area contributed by atoms with Crippen LogP contribution in [0.4, 0.5) is 17.6 Å². The highest BCUT2D eigenvalue weighted by Gasteiger charge is 2.33. The average Bonchev–Trinajstić information content (AvgIpc) is 3.03. The maximum atomic E-state index is 14.6. The van der Waals surface area contributed by atoms with Gasteiger partial charge < -0.3 is 15.0 Å². The molecule has 3 unspecified atom stereocenters. The molecule has 4 rings (SSSR count). The Labute approximate surface area is 251 Å². The van der Waals surface area contributed by atoms with E-state index in [1.54, 1.807) is 7.11 Å². The monoisotopic (exact) mass is 602 g/mol. The van der Waals surface area contributed by atoms with Crippen molar-refractivity contribution in [3.63, 3.8) is 0 Å². The van der Waals surface area contributed by atoms with E-state index in [-0.39, 0.29) is 17.5 Å². The number of ether oxygens (including phenoxy) is 1. The molecule has 1 heterocycles. The number of carbonyl (C=O) groups is 2. The van der Waals surface area contributed by atoms with Crippen LogP contribution in [0.5, 0.6) is 0 Å². The highest BCUT2D eigenvalue weighted by atomic mass is 19.4. The average molecular weight is 603 g/mol. The van der Waals surface area contributed by atoms with Gasteiger partial charge >= 0.3 is 6.18 Å². The van der Waals surface area contributed by atoms with E-state index in [4.69, 9.17) is 4.74 Å². The molecule has 9 heteroatoms. The van der Waals surface area contributed by atoms with Gasteiger partial charge in [0.25, 0.3) is 5.91 Å². The summed E-state index contributed by atoms with van der Waals surface area (Å²) < 4.78 is 58.5. The fourth-order valence-corrected chi connectivity index (χ4v) is 6.28. The molecule has 0 aromatic heterocycles. The lowest BCUT2D eigenvalue weighted by Crippen LogP contribution is -2.37. The molecule has 1 saturated carbocycles. The number of benzene rings is 2. The van der Waals surface area contributed by atoms with Crippen LogP contribution >= 0.6 is 0 Å². The Morgan fingerprint density at radius 1 is 1.02 bits per heavy atom. The second kappa shape index (κ2) is 14.5. The maximum absolute atomic E-state index is 14.6. The van der Waals surface area contributed by atoms with Crippen LogP contribution in [-0.4, -0.2) is 49.4 Å². The Balaban J connectivity index is 1.45. The maximum Gasteiger partial charge on any atom is 0.416 e. The minimum Gasteiger partial charge on any atom is -0.383 e. The summed E-state index contributed by atoms with van der Waals surface area (Å²) in [5.41, 5.74) is 0.250. The van der Waals surface area contributed by atoms with Gasteiger partial charge in [0.2, 0.25) is 0 Å². The molecule has 0 saturated heterocycles. The number of hydrogen-bond donors (Lipinski definition) is 1. The third-order valence-corrected chi connectivity index (χ3v) is 8.91. The summed E-state index contributed by atoms with van der Waals surface area (Å²) in [7, 11) is 1.60. The second-order valence-corrected chi connectivity index (χ2v) is 11.9. The summed E-state index contributed by atoms with van der Waals surface area (Å²) in [6, 6.07) is 6.36. The number of rotatable bonds is 8. The molecule has 0 spiro atoms. The summed E-state index contributed by atoms with van der Waals surface area (Å²) >= 11 is 0. The Hall–Kier alpha value is -3.20. The number of fused-ring (bicyclic) bond motifs is 1. The largest absolute Gasteiger partial charge is 0.416 e. The molecule has 0 radical (unpaired) electrons. The summed E-state index contributed by atoms with van der Waals surface area (Å²) in [6.45, 7) is 5.93. The normalized spacial score (nSPS) is 21.3. The first kappa shape index (κ1) is 32.7. The van der Waals surface area contributed by atoms with Crippen molar-refractivity contribution in [3.05, 3.63) is 68.8 Å². The number of nitrogens with one attached hydrogen (secondary N) is 1. The van der Waals surface area contributed by atoms with Gasteiger partial charge in [0, 0.05) is 49.1 Å². The van der Waals surface area contributed by atoms with E-state index < -0.39 is 29.3 Å². The van der Waals surface area contributed by atoms with E-state index in [0.29, 0.717) is 43.5 Å². The van der Waals surface area contributed by atoms with E-state index in [1.807, 2.05) is 19.1 Å². The molecule has 3 atom stereocenters. The van der Waals surface area contributed by atoms with Gasteiger partial charge in [-0.1, -0.05) is 31.4 Å². The first-order chi connectivity index (χ1) is 20.5. The molecule has 43 heavy (non-hydrogen) atoms. The van der Waals surface area contributed by atoms with Gasteiger partial charge in [0.1, 0.15) is 5.82 Å². The molecule has 2 aromatic carbocycles. The third-order valence-electron chi connectivity index (χ3n) is 8.91. The van der Waals surface area contributed by atoms with Gasteiger partial charge in [0.05, 0.1) is 17.7 Å². The zero-order valence-corrected chi connectivity index (χ0v) is 25.2. The molecule has 2 aliphatic rings. The fraction of sp³-hybridized carbons (Fsp3) is 0.529. The quantitative estimate of drug-likeness (QED) is 0.229. The molecule has 5 nitrogen and oxygen atoms in total. The second-order valence-electron chi connectivity index (χ2n) is 11.9. The molecule has 1 amide bonds. The zero-order chi connectivity index (χ0) is 31.1. The standard InChI is InChI=1S/C34H42F4N2O3/c1-22-11-12-25-13-15-28(33(42)39-17-18-43-3)23(2)30(25)21-40(22)20-24-7-4-5-9-26(10-6-8-24)32(41)29-16-14-27(19-31(29)35)34(36,37)38/h12-16,19,21-22,24,26H,4-11,17-18,20H2,1-3H3,(H,39,42). The number of alkyl halides is 3. The smallest absolute Gasteiger partial charge is 0.383 e. The molecule has 1 fully saturated rings. The SMILES string of the molecule is COCCNC(=O)c1ccc2c(c1C)=CN(CC1CCCCC(C(=O)c3ccc(C(F)(F)F)cc3F)CCC1)C(C)CC=2. The van der Waals surface area contributed by atoms with Crippen LogP contribution in [0.3, 0.4) is 0 Å². The van der Waals surface area contributed by atoms with Crippen LogP contribution in [0.15, 0.2) is 30.3 Å². The molecule has 234 valence electrons. The van der Waals surface area contributed by atoms with Gasteiger partial charge in [-0.05, 0) is 86.9 Å². The van der Waals surface area contributed by atoms with Crippen molar-refractivity contribution in [1.82, 2.24) is 10.2 Å². The zero-order valence-electron chi connectivity index (χ0n) is 25.2. The lowest BCUT2D eigenvalue weighted by Gasteiger charge is -2.31. The number of methoxy groups -OCH3 is 1. The minimum absolute atomic E-state index is 0.119. The Morgan fingerprint density at radius 2 is 1.72 bits per heavy atom. The van der Waals surface area contributed by atoms with Crippen molar-refractivity contribution < 1.29 is 31.9 Å². The Kier molecular flexibility index (Phi) is 11.0. The first-order valence-electron chi connectivity index (χ1n) is 15.2. The van der Waals surface area contributed by atoms with E-state index in [2.05, 4.69) is 29.4 Å². The van der Waals surface area contributed by atoms with Gasteiger partial charge in [-0.15, -0.1) is 0 Å². The molecule has 1 aliphatic heterocycles. The van der Waals surface area contributed by atoms with Crippen LogP contribution in [0, 0.1) is 24.6 Å². The van der Waals surface area contributed by atoms with Gasteiger partial charge in [-0.2, -0.15) is 13.2 Å². The van der Waals surface area contributed by atoms with E-state index >= 15 is 0 Å². The molecule has 0 bridgehead atoms. The van der Waals surface area contributed by atoms with Crippen molar-refractivity contribution in [3.8, 4) is 0 Å². The van der Waals surface area contributed by atoms with Crippen molar-refractivity contribution in [2.24, 2.45) is 11.8 Å². The number of amides is 1. The van der Waals surface area contributed by atoms with Crippen LogP contribution in [0.2, 0.25) is 0 Å². The van der Waals surface area contributed by atoms with Crippen LogP contribution in [0.25, 0.3) is 12.3 Å². The van der Waals surface area contributed by atoms with Crippen molar-refractivity contribution in [2.75, 3.05) is 26.8 Å². The first-order valence-corrected chi connectivity index (χ1v) is 15.2. The minimum atomic E-state index is -4.66. The Bertz CT molecular complexity index is 1420. The molecular weight excluding hydrogens is 560 g/mol. The van der Waals surface area contributed by atoms with E-state index in [1.165, 1.54) is 0 Å². The summed E-state index contributed by atoms with van der Waals surface area (Å²) in [5.74, 6) is -1.62. The van der Waals surface area contributed by atoms with Crippen molar-refractivity contribution in [2.45, 2.75) is 77.4 Å². The predicted molar refractivity (Wildman–Crippen MR) is 159 cm³/mol.